The lowest BCUT2D eigenvalue weighted by molar-refractivity contribution is -0.114. The summed E-state index contributed by atoms with van der Waals surface area (Å²) < 4.78 is 29.6. The van der Waals surface area contributed by atoms with Crippen molar-refractivity contribution in [3.8, 4) is 10.4 Å². The minimum atomic E-state index is -1.43. The number of thiophene rings is 1. The Balaban J connectivity index is 1.75. The van der Waals surface area contributed by atoms with Crippen molar-refractivity contribution >= 4 is 28.0 Å². The van der Waals surface area contributed by atoms with Crippen LogP contribution in [0.4, 0.5) is 13.8 Å². The molecule has 0 radical (unpaired) electrons. The first kappa shape index (κ1) is 26.8. The number of amides is 1. The SMILES string of the molecule is C=C(/C=C\C=C(/N)Nc1sc(-c2c(F)cc(C(C)(C)O)cc2F)cc1C(N)=O)CNC1=CC(=O)CC1. The number of hydrogen-bond acceptors (Lipinski definition) is 7. The van der Waals surface area contributed by atoms with E-state index < -0.39 is 23.1 Å². The van der Waals surface area contributed by atoms with Crippen LogP contribution in [0.25, 0.3) is 10.4 Å². The molecule has 7 nitrogen and oxygen atoms in total. The van der Waals surface area contributed by atoms with Crippen molar-refractivity contribution < 1.29 is 23.5 Å². The van der Waals surface area contributed by atoms with Crippen molar-refractivity contribution in [2.24, 2.45) is 11.5 Å². The molecule has 1 amide bonds. The molecule has 1 aliphatic rings. The van der Waals surface area contributed by atoms with Gasteiger partial charge < -0.3 is 27.2 Å². The Labute approximate surface area is 211 Å². The van der Waals surface area contributed by atoms with E-state index in [-0.39, 0.29) is 38.2 Å². The number of allylic oxidation sites excluding steroid dienone is 4. The fourth-order valence-corrected chi connectivity index (χ4v) is 4.57. The minimum Gasteiger partial charge on any atom is -0.386 e. The third kappa shape index (κ3) is 6.67. The van der Waals surface area contributed by atoms with Gasteiger partial charge in [0.25, 0.3) is 5.91 Å². The number of ketones is 1. The summed E-state index contributed by atoms with van der Waals surface area (Å²) in [7, 11) is 0. The lowest BCUT2D eigenvalue weighted by Gasteiger charge is -2.18. The first-order chi connectivity index (χ1) is 16.8. The van der Waals surface area contributed by atoms with Crippen LogP contribution >= 0.6 is 11.3 Å². The van der Waals surface area contributed by atoms with Gasteiger partial charge in [-0.25, -0.2) is 8.78 Å². The van der Waals surface area contributed by atoms with Gasteiger partial charge in [0.1, 0.15) is 22.5 Å². The molecule has 2 aromatic rings. The Morgan fingerprint density at radius 1 is 1.22 bits per heavy atom. The Kier molecular flexibility index (Phi) is 8.11. The number of nitrogens with two attached hydrogens (primary N) is 2. The molecular formula is C26H28F2N4O3S. The molecule has 0 saturated carbocycles. The highest BCUT2D eigenvalue weighted by molar-refractivity contribution is 7.19. The fraction of sp³-hybridized carbons (Fsp3) is 0.231. The van der Waals surface area contributed by atoms with E-state index in [1.807, 2.05) is 0 Å². The van der Waals surface area contributed by atoms with Gasteiger partial charge >= 0.3 is 0 Å². The van der Waals surface area contributed by atoms with Crippen molar-refractivity contribution in [3.63, 3.8) is 0 Å². The molecule has 3 rings (SSSR count). The molecule has 0 aliphatic heterocycles. The van der Waals surface area contributed by atoms with Crippen LogP contribution in [0.15, 0.2) is 66.2 Å². The smallest absolute Gasteiger partial charge is 0.251 e. The zero-order valence-electron chi connectivity index (χ0n) is 20.0. The van der Waals surface area contributed by atoms with Gasteiger partial charge in [-0.2, -0.15) is 0 Å². The standard InChI is InChI=1S/C26H28F2N4O3S/c1-14(13-31-16-7-8-17(33)11-16)5-4-6-22(29)32-25-18(24(30)34)12-21(36-25)23-19(27)9-15(10-20(23)28)26(2,3)35/h4-6,9-12,31-32,35H,1,7-8,13,29H2,2-3H3,(H2,30,34)/b5-4-,22-6+. The number of aliphatic hydroxyl groups is 1. The number of rotatable bonds is 10. The zero-order valence-corrected chi connectivity index (χ0v) is 20.8. The van der Waals surface area contributed by atoms with E-state index >= 15 is 0 Å². The van der Waals surface area contributed by atoms with Gasteiger partial charge in [-0.05, 0) is 55.7 Å². The van der Waals surface area contributed by atoms with E-state index in [0.29, 0.717) is 19.4 Å². The normalized spacial score (nSPS) is 14.3. The number of carbonyl (C=O) groups excluding carboxylic acids is 2. The van der Waals surface area contributed by atoms with E-state index in [4.69, 9.17) is 11.5 Å². The number of nitrogens with one attached hydrogen (secondary N) is 2. The highest BCUT2D eigenvalue weighted by Crippen LogP contribution is 2.39. The maximum absolute atomic E-state index is 14.8. The predicted molar refractivity (Wildman–Crippen MR) is 138 cm³/mol. The molecular weight excluding hydrogens is 486 g/mol. The molecule has 7 N–H and O–H groups in total. The number of primary amides is 1. The molecule has 1 aliphatic carbocycles. The van der Waals surface area contributed by atoms with Gasteiger partial charge in [-0.1, -0.05) is 18.7 Å². The van der Waals surface area contributed by atoms with Crippen LogP contribution in [-0.2, 0) is 10.4 Å². The number of hydrogen-bond donors (Lipinski definition) is 5. The molecule has 0 spiro atoms. The van der Waals surface area contributed by atoms with E-state index in [1.165, 1.54) is 26.0 Å². The maximum atomic E-state index is 14.8. The van der Waals surface area contributed by atoms with Crippen LogP contribution < -0.4 is 22.1 Å². The number of anilines is 1. The van der Waals surface area contributed by atoms with Gasteiger partial charge in [-0.3, -0.25) is 9.59 Å². The molecule has 1 aromatic heterocycles. The summed E-state index contributed by atoms with van der Waals surface area (Å²) >= 11 is 0.912. The van der Waals surface area contributed by atoms with Gasteiger partial charge in [0, 0.05) is 29.6 Å². The highest BCUT2D eigenvalue weighted by Gasteiger charge is 2.24. The van der Waals surface area contributed by atoms with E-state index in [1.54, 1.807) is 18.2 Å². The quantitative estimate of drug-likeness (QED) is 0.303. The topological polar surface area (TPSA) is 130 Å². The molecule has 36 heavy (non-hydrogen) atoms. The summed E-state index contributed by atoms with van der Waals surface area (Å²) in [6.45, 7) is 7.23. The molecule has 0 fully saturated rings. The Bertz CT molecular complexity index is 1280. The second kappa shape index (κ2) is 10.9. The molecule has 190 valence electrons. The Morgan fingerprint density at radius 3 is 2.44 bits per heavy atom. The van der Waals surface area contributed by atoms with Crippen LogP contribution in [0, 0.1) is 11.6 Å². The van der Waals surface area contributed by atoms with Crippen LogP contribution in [-0.4, -0.2) is 23.3 Å². The first-order valence-corrected chi connectivity index (χ1v) is 11.9. The average molecular weight is 515 g/mol. The van der Waals surface area contributed by atoms with E-state index in [9.17, 15) is 23.5 Å². The van der Waals surface area contributed by atoms with Crippen molar-refractivity contribution in [2.45, 2.75) is 32.3 Å². The van der Waals surface area contributed by atoms with Crippen molar-refractivity contribution in [3.05, 3.63) is 88.9 Å². The monoisotopic (exact) mass is 514 g/mol. The van der Waals surface area contributed by atoms with Crippen LogP contribution in [0.2, 0.25) is 0 Å². The highest BCUT2D eigenvalue weighted by atomic mass is 32.1. The summed E-state index contributed by atoms with van der Waals surface area (Å²) in [5.41, 5.74) is 11.4. The van der Waals surface area contributed by atoms with Gasteiger partial charge in [-0.15, -0.1) is 11.3 Å². The fourth-order valence-electron chi connectivity index (χ4n) is 3.43. The summed E-state index contributed by atoms with van der Waals surface area (Å²) in [6, 6.07) is 3.40. The number of carbonyl (C=O) groups is 2. The molecule has 0 bridgehead atoms. The summed E-state index contributed by atoms with van der Waals surface area (Å²) in [4.78, 5) is 23.4. The predicted octanol–water partition coefficient (Wildman–Crippen LogP) is 4.18. The van der Waals surface area contributed by atoms with Gasteiger partial charge in [0.05, 0.1) is 16.7 Å². The zero-order chi connectivity index (χ0) is 26.6. The average Bonchev–Trinajstić information content (AvgIpc) is 3.37. The summed E-state index contributed by atoms with van der Waals surface area (Å²) in [5, 5.41) is 16.3. The van der Waals surface area contributed by atoms with E-state index in [2.05, 4.69) is 17.2 Å². The molecule has 0 saturated heterocycles. The number of benzene rings is 1. The van der Waals surface area contributed by atoms with Crippen molar-refractivity contribution in [1.82, 2.24) is 5.32 Å². The summed E-state index contributed by atoms with van der Waals surface area (Å²) in [6.07, 6.45) is 7.70. The molecule has 1 aromatic carbocycles. The Hall–Kier alpha value is -3.76. The largest absolute Gasteiger partial charge is 0.386 e. The van der Waals surface area contributed by atoms with Crippen molar-refractivity contribution in [2.75, 3.05) is 11.9 Å². The number of halogens is 2. The molecule has 10 heteroatoms. The second-order valence-corrected chi connectivity index (χ2v) is 9.90. The van der Waals surface area contributed by atoms with Crippen LogP contribution in [0.5, 0.6) is 0 Å². The third-order valence-electron chi connectivity index (χ3n) is 5.38. The van der Waals surface area contributed by atoms with E-state index in [0.717, 1.165) is 34.7 Å². The molecule has 1 heterocycles. The minimum absolute atomic E-state index is 0.0219. The lowest BCUT2D eigenvalue weighted by Crippen LogP contribution is -2.16. The summed E-state index contributed by atoms with van der Waals surface area (Å²) in [5.74, 6) is -2.30. The van der Waals surface area contributed by atoms with Gasteiger partial charge in [0.2, 0.25) is 0 Å². The third-order valence-corrected chi connectivity index (χ3v) is 6.44. The van der Waals surface area contributed by atoms with Crippen molar-refractivity contribution in [1.29, 1.82) is 0 Å². The molecule has 0 unspecified atom stereocenters. The Morgan fingerprint density at radius 2 is 1.89 bits per heavy atom. The van der Waals surface area contributed by atoms with Gasteiger partial charge in [0.15, 0.2) is 5.78 Å². The lowest BCUT2D eigenvalue weighted by atomic mass is 9.96. The van der Waals surface area contributed by atoms with Crippen LogP contribution in [0.3, 0.4) is 0 Å². The molecule has 0 atom stereocenters. The van der Waals surface area contributed by atoms with Crippen LogP contribution in [0.1, 0.15) is 42.6 Å². The first-order valence-electron chi connectivity index (χ1n) is 11.1. The maximum Gasteiger partial charge on any atom is 0.251 e. The second-order valence-electron chi connectivity index (χ2n) is 8.85.